The maximum Gasteiger partial charge on any atom is 0.242 e. The first-order valence-corrected chi connectivity index (χ1v) is 13.3. The molecule has 2 aliphatic rings. The van der Waals surface area contributed by atoms with E-state index in [1.807, 2.05) is 36.1 Å². The second kappa shape index (κ2) is 11.8. The van der Waals surface area contributed by atoms with Crippen molar-refractivity contribution >= 4 is 23.2 Å². The first-order valence-electron chi connectivity index (χ1n) is 12.4. The van der Waals surface area contributed by atoms with Crippen molar-refractivity contribution in [1.29, 1.82) is 0 Å². The molecule has 1 fully saturated rings. The number of hydrogen-bond donors (Lipinski definition) is 0. The number of rotatable bonds is 10. The smallest absolute Gasteiger partial charge is 0.242 e. The van der Waals surface area contributed by atoms with Crippen molar-refractivity contribution in [2.75, 3.05) is 40.0 Å². The zero-order valence-corrected chi connectivity index (χ0v) is 21.1. The van der Waals surface area contributed by atoms with Crippen molar-refractivity contribution < 1.29 is 19.1 Å². The minimum Gasteiger partial charge on any atom is -0.491 e. The van der Waals surface area contributed by atoms with E-state index in [1.54, 1.807) is 23.3 Å². The average Bonchev–Trinajstić information content (AvgIpc) is 3.55. The molecule has 0 bridgehead atoms. The minimum absolute atomic E-state index is 0.00174. The molecule has 0 N–H and O–H groups in total. The molecule has 6 nitrogen and oxygen atoms in total. The number of ether oxygens (including phenoxy) is 2. The predicted molar refractivity (Wildman–Crippen MR) is 134 cm³/mol. The summed E-state index contributed by atoms with van der Waals surface area (Å²) in [6, 6.07) is 9.96. The molecular weight excluding hydrogens is 448 g/mol. The topological polar surface area (TPSA) is 59.1 Å². The second-order valence-electron chi connectivity index (χ2n) is 9.36. The largest absolute Gasteiger partial charge is 0.491 e. The summed E-state index contributed by atoms with van der Waals surface area (Å²) in [5, 5.41) is 2.10. The highest BCUT2D eigenvalue weighted by atomic mass is 32.1. The summed E-state index contributed by atoms with van der Waals surface area (Å²) in [5.41, 5.74) is 2.35. The molecule has 1 atom stereocenters. The fraction of sp³-hybridized carbons (Fsp3) is 0.556. The Morgan fingerprint density at radius 3 is 2.65 bits per heavy atom. The summed E-state index contributed by atoms with van der Waals surface area (Å²) >= 11 is 1.74. The molecule has 0 saturated heterocycles. The molecular formula is C27H36N2O4S. The van der Waals surface area contributed by atoms with Crippen molar-refractivity contribution in [3.05, 3.63) is 51.7 Å². The van der Waals surface area contributed by atoms with Crippen LogP contribution in [0.15, 0.2) is 35.7 Å². The van der Waals surface area contributed by atoms with E-state index >= 15 is 0 Å². The quantitative estimate of drug-likeness (QED) is 0.462. The van der Waals surface area contributed by atoms with Gasteiger partial charge in [0.15, 0.2) is 0 Å². The summed E-state index contributed by atoms with van der Waals surface area (Å²) in [5.74, 6) is 0.986. The summed E-state index contributed by atoms with van der Waals surface area (Å²) in [7, 11) is 1.67. The van der Waals surface area contributed by atoms with Gasteiger partial charge in [-0.2, -0.15) is 0 Å². The maximum atomic E-state index is 13.6. The van der Waals surface area contributed by atoms with Gasteiger partial charge in [-0.05, 0) is 61.7 Å². The normalized spacial score (nSPS) is 18.1. The minimum atomic E-state index is -0.147. The first kappa shape index (κ1) is 24.7. The zero-order valence-electron chi connectivity index (χ0n) is 20.3. The van der Waals surface area contributed by atoms with E-state index in [1.165, 1.54) is 16.0 Å². The van der Waals surface area contributed by atoms with Crippen molar-refractivity contribution in [1.82, 2.24) is 9.80 Å². The number of fused-ring (bicyclic) bond motifs is 1. The maximum absolute atomic E-state index is 13.6. The molecule has 1 aromatic heterocycles. The van der Waals surface area contributed by atoms with Crippen LogP contribution in [0.1, 0.15) is 54.1 Å². The van der Waals surface area contributed by atoms with Gasteiger partial charge in [0, 0.05) is 37.6 Å². The summed E-state index contributed by atoms with van der Waals surface area (Å²) in [6.45, 7) is 4.36. The number of thiophene rings is 1. The van der Waals surface area contributed by atoms with Crippen LogP contribution in [0.2, 0.25) is 0 Å². The van der Waals surface area contributed by atoms with E-state index in [0.717, 1.165) is 44.3 Å². The third kappa shape index (κ3) is 5.99. The molecule has 2 heterocycles. The lowest BCUT2D eigenvalue weighted by molar-refractivity contribution is -0.144. The van der Waals surface area contributed by atoms with Gasteiger partial charge in [0.05, 0.1) is 12.6 Å². The predicted octanol–water partition coefficient (Wildman–Crippen LogP) is 4.62. The highest BCUT2D eigenvalue weighted by molar-refractivity contribution is 7.10. The summed E-state index contributed by atoms with van der Waals surface area (Å²) < 4.78 is 11.3. The Kier molecular flexibility index (Phi) is 8.62. The molecule has 1 aromatic carbocycles. The number of methoxy groups -OCH3 is 1. The number of aryl methyl sites for hydroxylation is 1. The van der Waals surface area contributed by atoms with Crippen LogP contribution in [0.3, 0.4) is 0 Å². The lowest BCUT2D eigenvalue weighted by atomic mass is 10.00. The van der Waals surface area contributed by atoms with Crippen LogP contribution in [0.4, 0.5) is 0 Å². The molecule has 1 aliphatic carbocycles. The van der Waals surface area contributed by atoms with Gasteiger partial charge in [-0.15, -0.1) is 11.3 Å². The monoisotopic (exact) mass is 484 g/mol. The fourth-order valence-corrected chi connectivity index (χ4v) is 5.96. The molecule has 7 heteroatoms. The van der Waals surface area contributed by atoms with E-state index in [2.05, 4.69) is 11.4 Å². The van der Waals surface area contributed by atoms with Gasteiger partial charge in [-0.25, -0.2) is 0 Å². The third-order valence-corrected chi connectivity index (χ3v) is 7.96. The summed E-state index contributed by atoms with van der Waals surface area (Å²) in [6.07, 6.45) is 5.64. The Morgan fingerprint density at radius 1 is 1.15 bits per heavy atom. The molecule has 0 unspecified atom stereocenters. The van der Waals surface area contributed by atoms with Crippen molar-refractivity contribution in [2.24, 2.45) is 5.92 Å². The zero-order chi connectivity index (χ0) is 23.9. The number of amides is 2. The molecule has 4 rings (SSSR count). The van der Waals surface area contributed by atoms with E-state index in [-0.39, 0.29) is 30.3 Å². The summed E-state index contributed by atoms with van der Waals surface area (Å²) in [4.78, 5) is 31.9. The van der Waals surface area contributed by atoms with Crippen LogP contribution in [-0.2, 0) is 20.7 Å². The molecule has 0 spiro atoms. The van der Waals surface area contributed by atoms with Crippen LogP contribution < -0.4 is 4.74 Å². The lowest BCUT2D eigenvalue weighted by Crippen LogP contribution is -2.49. The molecule has 1 aliphatic heterocycles. The number of nitrogens with zero attached hydrogens (tertiary/aromatic N) is 2. The Morgan fingerprint density at radius 2 is 1.91 bits per heavy atom. The van der Waals surface area contributed by atoms with Crippen molar-refractivity contribution in [2.45, 2.75) is 51.5 Å². The molecule has 34 heavy (non-hydrogen) atoms. The van der Waals surface area contributed by atoms with Gasteiger partial charge in [0.1, 0.15) is 12.4 Å². The molecule has 184 valence electrons. The highest BCUT2D eigenvalue weighted by Crippen LogP contribution is 2.34. The van der Waals surface area contributed by atoms with E-state index in [9.17, 15) is 9.59 Å². The fourth-order valence-electron chi connectivity index (χ4n) is 5.04. The molecule has 0 radical (unpaired) electrons. The van der Waals surface area contributed by atoms with Crippen LogP contribution in [0.25, 0.3) is 0 Å². The van der Waals surface area contributed by atoms with Gasteiger partial charge >= 0.3 is 0 Å². The Hall–Kier alpha value is -2.38. The second-order valence-corrected chi connectivity index (χ2v) is 10.4. The van der Waals surface area contributed by atoms with E-state index in [0.29, 0.717) is 26.3 Å². The Balaban J connectivity index is 1.47. The molecule has 1 saturated carbocycles. The average molecular weight is 485 g/mol. The van der Waals surface area contributed by atoms with Crippen LogP contribution >= 0.6 is 11.3 Å². The number of hydrogen-bond acceptors (Lipinski definition) is 5. The van der Waals surface area contributed by atoms with E-state index < -0.39 is 0 Å². The van der Waals surface area contributed by atoms with Gasteiger partial charge in [0.25, 0.3) is 0 Å². The number of carbonyl (C=O) groups excluding carboxylic acids is 2. The Bertz CT molecular complexity index is 952. The molecule has 2 aromatic rings. The third-order valence-electron chi connectivity index (χ3n) is 6.96. The number of benzene rings is 1. The van der Waals surface area contributed by atoms with Gasteiger partial charge in [-0.3, -0.25) is 9.59 Å². The lowest BCUT2D eigenvalue weighted by Gasteiger charge is -2.37. The van der Waals surface area contributed by atoms with Crippen LogP contribution in [-0.4, -0.2) is 61.6 Å². The SMILES string of the molecule is COCCCN(CC(=O)N1CCc2sccc2[C@@H]1COc1ccc(C)cc1)C(=O)C1CCCC1. The molecule has 2 amide bonds. The first-order chi connectivity index (χ1) is 16.6. The van der Waals surface area contributed by atoms with Gasteiger partial charge < -0.3 is 19.3 Å². The van der Waals surface area contributed by atoms with Gasteiger partial charge in [0.2, 0.25) is 11.8 Å². The standard InChI is InChI=1S/C27H36N2O4S/c1-20-8-10-22(11-9-20)33-19-24-23-13-17-34-25(23)12-15-29(24)26(30)18-28(14-5-16-32-2)27(31)21-6-3-4-7-21/h8-11,13,17,21,24H,3-7,12,14-16,18-19H2,1-2H3/t24-/m0/s1. The van der Waals surface area contributed by atoms with Gasteiger partial charge in [-0.1, -0.05) is 30.5 Å². The van der Waals surface area contributed by atoms with Crippen molar-refractivity contribution in [3.8, 4) is 5.75 Å². The van der Waals surface area contributed by atoms with E-state index in [4.69, 9.17) is 9.47 Å². The van der Waals surface area contributed by atoms with Crippen LogP contribution in [0, 0.1) is 12.8 Å². The van der Waals surface area contributed by atoms with Crippen molar-refractivity contribution in [3.63, 3.8) is 0 Å². The Labute approximate surface area is 206 Å². The number of carbonyl (C=O) groups is 2. The van der Waals surface area contributed by atoms with Crippen LogP contribution in [0.5, 0.6) is 5.75 Å². The highest BCUT2D eigenvalue weighted by Gasteiger charge is 2.35.